The SMILES string of the molecule is CCC1=C(C/C=C(\CC(C)=O)OC)CC(C)(C)CC(=O)N1CCCOC. The molecular weight excluding hydrogens is 330 g/mol. The van der Waals surface area contributed by atoms with E-state index in [2.05, 4.69) is 20.8 Å². The van der Waals surface area contributed by atoms with Gasteiger partial charge < -0.3 is 14.4 Å². The summed E-state index contributed by atoms with van der Waals surface area (Å²) in [7, 11) is 3.28. The van der Waals surface area contributed by atoms with Gasteiger partial charge in [0, 0.05) is 32.4 Å². The highest BCUT2D eigenvalue weighted by Crippen LogP contribution is 2.38. The molecule has 0 aromatic rings. The van der Waals surface area contributed by atoms with Crippen LogP contribution in [0.4, 0.5) is 0 Å². The van der Waals surface area contributed by atoms with E-state index in [1.165, 1.54) is 5.57 Å². The lowest BCUT2D eigenvalue weighted by Gasteiger charge is -2.26. The Labute approximate surface area is 158 Å². The summed E-state index contributed by atoms with van der Waals surface area (Å²) in [6.07, 6.45) is 6.06. The van der Waals surface area contributed by atoms with Crippen molar-refractivity contribution >= 4 is 11.7 Å². The number of allylic oxidation sites excluding steroid dienone is 4. The maximum Gasteiger partial charge on any atom is 0.227 e. The first-order valence-electron chi connectivity index (χ1n) is 9.46. The smallest absolute Gasteiger partial charge is 0.227 e. The fraction of sp³-hybridized carbons (Fsp3) is 0.714. The number of methoxy groups -OCH3 is 2. The zero-order chi connectivity index (χ0) is 19.7. The van der Waals surface area contributed by atoms with Gasteiger partial charge in [0.15, 0.2) is 0 Å². The maximum atomic E-state index is 12.8. The molecular formula is C21H35NO4. The molecule has 0 saturated carbocycles. The van der Waals surface area contributed by atoms with E-state index in [1.54, 1.807) is 21.1 Å². The quantitative estimate of drug-likeness (QED) is 0.429. The number of hydrogen-bond donors (Lipinski definition) is 0. The van der Waals surface area contributed by atoms with Crippen molar-refractivity contribution in [1.29, 1.82) is 0 Å². The number of ether oxygens (including phenoxy) is 2. The highest BCUT2D eigenvalue weighted by Gasteiger charge is 2.32. The molecule has 26 heavy (non-hydrogen) atoms. The third kappa shape index (κ3) is 6.94. The normalized spacial score (nSPS) is 18.2. The molecule has 1 rings (SSSR count). The number of nitrogens with zero attached hydrogens (tertiary/aromatic N) is 1. The fourth-order valence-electron chi connectivity index (χ4n) is 3.56. The van der Waals surface area contributed by atoms with Gasteiger partial charge in [0.2, 0.25) is 5.91 Å². The van der Waals surface area contributed by atoms with Crippen molar-refractivity contribution < 1.29 is 19.1 Å². The van der Waals surface area contributed by atoms with Gasteiger partial charge >= 0.3 is 0 Å². The minimum atomic E-state index is -0.0789. The van der Waals surface area contributed by atoms with Crippen molar-refractivity contribution in [2.24, 2.45) is 5.41 Å². The van der Waals surface area contributed by atoms with Gasteiger partial charge in [-0.1, -0.05) is 20.8 Å². The van der Waals surface area contributed by atoms with Crippen molar-refractivity contribution in [2.75, 3.05) is 27.4 Å². The standard InChI is InChI=1S/C21H35NO4/c1-7-19-17(9-10-18(26-6)13-16(2)23)14-21(3,4)15-20(24)22(19)11-8-12-25-5/h10H,7-9,11-15H2,1-6H3/b18-10+. The van der Waals surface area contributed by atoms with Crippen LogP contribution in [0.25, 0.3) is 0 Å². The van der Waals surface area contributed by atoms with Crippen LogP contribution in [0, 0.1) is 5.41 Å². The number of carbonyl (C=O) groups excluding carboxylic acids is 2. The second-order valence-electron chi connectivity index (χ2n) is 7.77. The first kappa shape index (κ1) is 22.4. The van der Waals surface area contributed by atoms with Crippen molar-refractivity contribution in [3.05, 3.63) is 23.1 Å². The van der Waals surface area contributed by atoms with Gasteiger partial charge in [-0.15, -0.1) is 0 Å². The lowest BCUT2D eigenvalue weighted by Crippen LogP contribution is -2.32. The second-order valence-corrected chi connectivity index (χ2v) is 7.77. The molecule has 0 radical (unpaired) electrons. The highest BCUT2D eigenvalue weighted by atomic mass is 16.5. The van der Waals surface area contributed by atoms with E-state index < -0.39 is 0 Å². The molecule has 0 unspecified atom stereocenters. The van der Waals surface area contributed by atoms with E-state index in [0.29, 0.717) is 38.2 Å². The summed E-state index contributed by atoms with van der Waals surface area (Å²) >= 11 is 0. The van der Waals surface area contributed by atoms with Crippen LogP contribution in [-0.4, -0.2) is 44.0 Å². The maximum absolute atomic E-state index is 12.8. The largest absolute Gasteiger partial charge is 0.501 e. The van der Waals surface area contributed by atoms with Gasteiger partial charge in [-0.3, -0.25) is 9.59 Å². The summed E-state index contributed by atoms with van der Waals surface area (Å²) in [5, 5.41) is 0. The molecule has 1 heterocycles. The second kappa shape index (κ2) is 10.5. The molecule has 148 valence electrons. The predicted molar refractivity (Wildman–Crippen MR) is 104 cm³/mol. The molecule has 0 aromatic carbocycles. The Balaban J connectivity index is 3.16. The summed E-state index contributed by atoms with van der Waals surface area (Å²) in [6.45, 7) is 9.28. The molecule has 5 nitrogen and oxygen atoms in total. The number of amides is 1. The Kier molecular flexibility index (Phi) is 9.06. The van der Waals surface area contributed by atoms with Gasteiger partial charge in [-0.2, -0.15) is 0 Å². The molecule has 1 aliphatic rings. The van der Waals surface area contributed by atoms with E-state index in [1.807, 2.05) is 11.0 Å². The number of rotatable bonds is 10. The average molecular weight is 366 g/mol. The summed E-state index contributed by atoms with van der Waals surface area (Å²) in [5.74, 6) is 0.970. The monoisotopic (exact) mass is 365 g/mol. The van der Waals surface area contributed by atoms with Crippen molar-refractivity contribution in [2.45, 2.75) is 66.2 Å². The molecule has 0 spiro atoms. The molecule has 0 N–H and O–H groups in total. The number of hydrogen-bond acceptors (Lipinski definition) is 4. The fourth-order valence-corrected chi connectivity index (χ4v) is 3.56. The van der Waals surface area contributed by atoms with Crippen molar-refractivity contribution in [1.82, 2.24) is 4.90 Å². The third-order valence-corrected chi connectivity index (χ3v) is 4.68. The van der Waals surface area contributed by atoms with Crippen LogP contribution in [0.5, 0.6) is 0 Å². The van der Waals surface area contributed by atoms with Crippen LogP contribution in [0.2, 0.25) is 0 Å². The van der Waals surface area contributed by atoms with Crippen LogP contribution < -0.4 is 0 Å². The lowest BCUT2D eigenvalue weighted by atomic mass is 9.82. The van der Waals surface area contributed by atoms with E-state index in [0.717, 1.165) is 25.0 Å². The van der Waals surface area contributed by atoms with Gasteiger partial charge in [-0.05, 0) is 49.7 Å². The summed E-state index contributed by atoms with van der Waals surface area (Å²) in [4.78, 5) is 26.2. The first-order valence-corrected chi connectivity index (χ1v) is 9.46. The zero-order valence-corrected chi connectivity index (χ0v) is 17.3. The lowest BCUT2D eigenvalue weighted by molar-refractivity contribution is -0.131. The Hall–Kier alpha value is -1.62. The van der Waals surface area contributed by atoms with Crippen LogP contribution in [0.15, 0.2) is 23.1 Å². The van der Waals surface area contributed by atoms with Crippen LogP contribution >= 0.6 is 0 Å². The number of Topliss-reactive ketones (excluding diaryl/α,β-unsaturated/α-hetero) is 1. The minimum absolute atomic E-state index is 0.0789. The Morgan fingerprint density at radius 3 is 2.50 bits per heavy atom. The third-order valence-electron chi connectivity index (χ3n) is 4.68. The predicted octanol–water partition coefficient (Wildman–Crippen LogP) is 4.24. The molecule has 0 aliphatic carbocycles. The molecule has 0 aromatic heterocycles. The summed E-state index contributed by atoms with van der Waals surface area (Å²) < 4.78 is 10.5. The van der Waals surface area contributed by atoms with Crippen molar-refractivity contribution in [3.63, 3.8) is 0 Å². The average Bonchev–Trinajstić information content (AvgIpc) is 2.64. The topological polar surface area (TPSA) is 55.8 Å². The minimum Gasteiger partial charge on any atom is -0.501 e. The van der Waals surface area contributed by atoms with Crippen molar-refractivity contribution in [3.8, 4) is 0 Å². The molecule has 1 amide bonds. The summed E-state index contributed by atoms with van der Waals surface area (Å²) in [6, 6.07) is 0. The van der Waals surface area contributed by atoms with Crippen LogP contribution in [0.1, 0.15) is 66.2 Å². The van der Waals surface area contributed by atoms with Gasteiger partial charge in [0.1, 0.15) is 5.78 Å². The molecule has 5 heteroatoms. The number of ketones is 1. The van der Waals surface area contributed by atoms with Gasteiger partial charge in [0.25, 0.3) is 0 Å². The molecule has 0 fully saturated rings. The molecule has 1 aliphatic heterocycles. The van der Waals surface area contributed by atoms with E-state index in [4.69, 9.17) is 9.47 Å². The Morgan fingerprint density at radius 1 is 1.27 bits per heavy atom. The molecule has 0 atom stereocenters. The summed E-state index contributed by atoms with van der Waals surface area (Å²) in [5.41, 5.74) is 2.30. The number of carbonyl (C=O) groups is 2. The highest BCUT2D eigenvalue weighted by molar-refractivity contribution is 5.79. The zero-order valence-electron chi connectivity index (χ0n) is 17.3. The van der Waals surface area contributed by atoms with Crippen LogP contribution in [0.3, 0.4) is 0 Å². The molecule has 0 bridgehead atoms. The van der Waals surface area contributed by atoms with Gasteiger partial charge in [0.05, 0.1) is 19.3 Å². The molecule has 0 saturated heterocycles. The van der Waals surface area contributed by atoms with E-state index in [9.17, 15) is 9.59 Å². The first-order chi connectivity index (χ1) is 12.2. The Morgan fingerprint density at radius 2 is 1.96 bits per heavy atom. The van der Waals surface area contributed by atoms with Gasteiger partial charge in [-0.25, -0.2) is 0 Å². The Bertz CT molecular complexity index is 560. The van der Waals surface area contributed by atoms with E-state index >= 15 is 0 Å². The van der Waals surface area contributed by atoms with E-state index in [-0.39, 0.29) is 17.1 Å². The van der Waals surface area contributed by atoms with Crippen LogP contribution in [-0.2, 0) is 19.1 Å².